The molecule has 2 aliphatic heterocycles. The fraction of sp³-hybridized carbons (Fsp3) is 0.593. The number of guanidine groups is 1. The molecular weight excluding hydrogens is 586 g/mol. The van der Waals surface area contributed by atoms with Crippen LogP contribution in [0.2, 0.25) is 0 Å². The molecule has 43 heavy (non-hydrogen) atoms. The van der Waals surface area contributed by atoms with Crippen molar-refractivity contribution in [3.05, 3.63) is 42.4 Å². The van der Waals surface area contributed by atoms with Crippen molar-refractivity contribution in [2.45, 2.75) is 77.9 Å². The van der Waals surface area contributed by atoms with Gasteiger partial charge in [0.25, 0.3) is 0 Å². The smallest absolute Gasteiger partial charge is 0.459 e. The van der Waals surface area contributed by atoms with Gasteiger partial charge in [0.2, 0.25) is 0 Å². The Kier molecular flexibility index (Phi) is 9.84. The van der Waals surface area contributed by atoms with E-state index >= 15 is 4.39 Å². The van der Waals surface area contributed by atoms with Gasteiger partial charge in [-0.2, -0.15) is 5.09 Å². The number of nitrogens with zero attached hydrogens (tertiary/aromatic N) is 3. The van der Waals surface area contributed by atoms with E-state index < -0.39 is 56.7 Å². The highest BCUT2D eigenvalue weighted by Gasteiger charge is 2.56. The van der Waals surface area contributed by atoms with Crippen molar-refractivity contribution < 1.29 is 42.1 Å². The summed E-state index contributed by atoms with van der Waals surface area (Å²) in [6.45, 7) is 10.1. The lowest BCUT2D eigenvalue weighted by Gasteiger charge is -2.28. The highest BCUT2D eigenvalue weighted by Crippen LogP contribution is 2.48. The maximum Gasteiger partial charge on any atom is 0.459 e. The van der Waals surface area contributed by atoms with Crippen molar-refractivity contribution in [2.75, 3.05) is 25.1 Å². The summed E-state index contributed by atoms with van der Waals surface area (Å²) in [5.41, 5.74) is 3.93. The number of para-hydroxylation sites is 1. The molecule has 16 heteroatoms. The first-order valence-corrected chi connectivity index (χ1v) is 15.4. The van der Waals surface area contributed by atoms with Crippen LogP contribution in [0, 0.1) is 5.41 Å². The molecule has 0 bridgehead atoms. The minimum absolute atomic E-state index is 0.0437. The number of carbonyl (C=O) groups is 1. The van der Waals surface area contributed by atoms with E-state index in [9.17, 15) is 14.5 Å². The van der Waals surface area contributed by atoms with Crippen LogP contribution in [0.3, 0.4) is 0 Å². The molecule has 7 atom stereocenters. The number of hydrogen-bond acceptors (Lipinski definition) is 12. The highest BCUT2D eigenvalue weighted by atomic mass is 31.2. The Morgan fingerprint density at radius 3 is 2.70 bits per heavy atom. The zero-order valence-corrected chi connectivity index (χ0v) is 25.9. The van der Waals surface area contributed by atoms with E-state index in [0.717, 1.165) is 0 Å². The minimum Gasteiger partial charge on any atom is -0.464 e. The van der Waals surface area contributed by atoms with Gasteiger partial charge in [-0.3, -0.25) is 13.9 Å². The van der Waals surface area contributed by atoms with Gasteiger partial charge in [0.15, 0.2) is 24.6 Å². The molecule has 0 radical (unpaired) electrons. The van der Waals surface area contributed by atoms with Gasteiger partial charge in [-0.25, -0.2) is 18.9 Å². The van der Waals surface area contributed by atoms with Gasteiger partial charge in [0.1, 0.15) is 35.0 Å². The number of nitrogens with one attached hydrogen (secondary N) is 2. The molecule has 14 nitrogen and oxygen atoms in total. The molecule has 2 aromatic rings. The molecule has 1 fully saturated rings. The molecule has 1 aromatic heterocycles. The van der Waals surface area contributed by atoms with Crippen molar-refractivity contribution in [3.8, 4) is 5.75 Å². The summed E-state index contributed by atoms with van der Waals surface area (Å²) in [6.07, 6.45) is -4.12. The van der Waals surface area contributed by atoms with E-state index in [4.69, 9.17) is 29.0 Å². The van der Waals surface area contributed by atoms with Gasteiger partial charge in [0.05, 0.1) is 19.5 Å². The number of aliphatic hydroxyl groups is 1. The molecule has 0 amide bonds. The Balaban J connectivity index is 1.51. The van der Waals surface area contributed by atoms with Gasteiger partial charge in [0, 0.05) is 6.61 Å². The zero-order chi connectivity index (χ0) is 31.6. The van der Waals surface area contributed by atoms with Gasteiger partial charge in [-0.1, -0.05) is 39.0 Å². The molecule has 0 aliphatic carbocycles. The number of aliphatic imine (C=N–C) groups is 1. The third-order valence-corrected chi connectivity index (χ3v) is 8.20. The first-order valence-electron chi connectivity index (χ1n) is 13.9. The number of nitrogens with two attached hydrogens (primary N) is 1. The average molecular weight is 627 g/mol. The number of rotatable bonds is 12. The van der Waals surface area contributed by atoms with Crippen molar-refractivity contribution in [2.24, 2.45) is 16.1 Å². The van der Waals surface area contributed by atoms with Crippen LogP contribution in [-0.2, 0) is 28.1 Å². The lowest BCUT2D eigenvalue weighted by molar-refractivity contribution is -0.148. The Morgan fingerprint density at radius 2 is 2.05 bits per heavy atom. The van der Waals surface area contributed by atoms with Gasteiger partial charge in [-0.15, -0.1) is 0 Å². The van der Waals surface area contributed by atoms with Crippen molar-refractivity contribution >= 4 is 25.5 Å². The fourth-order valence-corrected chi connectivity index (χ4v) is 5.92. The number of halogens is 1. The van der Waals surface area contributed by atoms with E-state index in [2.05, 4.69) is 20.4 Å². The number of alkyl halides is 1. The number of aromatic nitrogens is 2. The topological polar surface area (TPSA) is 181 Å². The first-order chi connectivity index (χ1) is 20.1. The second kappa shape index (κ2) is 12.9. The molecule has 0 saturated carbocycles. The molecule has 2 aliphatic rings. The van der Waals surface area contributed by atoms with Crippen LogP contribution in [0.25, 0.3) is 0 Å². The van der Waals surface area contributed by atoms with Crippen LogP contribution in [0.1, 0.15) is 59.7 Å². The molecule has 2 unspecified atom stereocenters. The number of carbonyl (C=O) groups excluding carboxylic acids is 1. The number of ether oxygens (including phenoxy) is 3. The molecule has 1 aromatic carbocycles. The summed E-state index contributed by atoms with van der Waals surface area (Å²) in [5.74, 6) is -0.138. The summed E-state index contributed by atoms with van der Waals surface area (Å²) in [6, 6.07) is 7.05. The third kappa shape index (κ3) is 7.72. The number of anilines is 1. The van der Waals surface area contributed by atoms with Crippen LogP contribution in [0.15, 0.2) is 41.7 Å². The highest BCUT2D eigenvalue weighted by molar-refractivity contribution is 7.52. The molecule has 5 N–H and O–H groups in total. The summed E-state index contributed by atoms with van der Waals surface area (Å²) >= 11 is 0. The predicted molar refractivity (Wildman–Crippen MR) is 155 cm³/mol. The van der Waals surface area contributed by atoms with Crippen molar-refractivity contribution in [3.63, 3.8) is 0 Å². The average Bonchev–Trinajstić information content (AvgIpc) is 3.44. The molecule has 4 rings (SSSR count). The standard InChI is InChI=1S/C27H40FN6O8P/c1-7-38-22-19-21(31-25(29)32-22)34(15-30-19)24-27(6,36)20(28)18(41-24)13-40-43(37,42-17-11-9-8-10-12-17)33-16(2)23(35)39-14-26(3,4)5/h8-12,15-16,18,20,22,24,36H,7,13-14H2,1-6H3,(H,33,37)(H3,29,31,32)/t16-,18+,20+,22?,24+,27+,43?/m0/s1. The summed E-state index contributed by atoms with van der Waals surface area (Å²) in [5, 5.41) is 16.6. The zero-order valence-electron chi connectivity index (χ0n) is 25.0. The van der Waals surface area contributed by atoms with Gasteiger partial charge >= 0.3 is 13.7 Å². The minimum atomic E-state index is -4.32. The first kappa shape index (κ1) is 32.8. The van der Waals surface area contributed by atoms with E-state index in [-0.39, 0.29) is 23.7 Å². The number of hydrogen-bond donors (Lipinski definition) is 4. The monoisotopic (exact) mass is 626 g/mol. The lowest BCUT2D eigenvalue weighted by Crippen LogP contribution is -2.42. The van der Waals surface area contributed by atoms with Crippen LogP contribution < -0.4 is 20.7 Å². The number of benzene rings is 1. The number of fused-ring (bicyclic) bond motifs is 1. The van der Waals surface area contributed by atoms with Crippen LogP contribution in [0.4, 0.5) is 10.2 Å². The molecule has 1 saturated heterocycles. The Hall–Kier alpha value is -3.07. The molecule has 238 valence electrons. The predicted octanol–water partition coefficient (Wildman–Crippen LogP) is 3.42. The lowest BCUT2D eigenvalue weighted by atomic mass is 9.98. The molecule has 0 spiro atoms. The summed E-state index contributed by atoms with van der Waals surface area (Å²) in [7, 11) is -4.32. The number of imidazole rings is 1. The Labute approximate surface area is 249 Å². The van der Waals surface area contributed by atoms with E-state index in [1.54, 1.807) is 37.3 Å². The van der Waals surface area contributed by atoms with Gasteiger partial charge < -0.3 is 34.9 Å². The molecule has 3 heterocycles. The molecular formula is C27H40FN6O8P. The maximum atomic E-state index is 15.7. The van der Waals surface area contributed by atoms with Gasteiger partial charge in [-0.05, 0) is 38.3 Å². The van der Waals surface area contributed by atoms with Crippen molar-refractivity contribution in [1.82, 2.24) is 14.6 Å². The Bertz CT molecular complexity index is 1350. The van der Waals surface area contributed by atoms with Crippen LogP contribution >= 0.6 is 7.75 Å². The second-order valence-corrected chi connectivity index (χ2v) is 13.4. The van der Waals surface area contributed by atoms with E-state index in [0.29, 0.717) is 18.1 Å². The van der Waals surface area contributed by atoms with Crippen molar-refractivity contribution in [1.29, 1.82) is 0 Å². The second-order valence-electron chi connectivity index (χ2n) is 11.7. The normalized spacial score (nSPS) is 27.4. The maximum absolute atomic E-state index is 15.7. The quantitative estimate of drug-likeness (QED) is 0.199. The van der Waals surface area contributed by atoms with E-state index in [1.165, 1.54) is 24.7 Å². The van der Waals surface area contributed by atoms with E-state index in [1.807, 2.05) is 20.8 Å². The SMILES string of the molecule is CCOC1N=C(N)Nc2c1ncn2[C@@H]1O[C@H](COP(=O)(N[C@@H](C)C(=O)OCC(C)(C)C)Oc2ccccc2)[C@@H](F)[C@@]1(C)O. The third-order valence-electron chi connectivity index (χ3n) is 6.55. The summed E-state index contributed by atoms with van der Waals surface area (Å²) in [4.78, 5) is 21.1. The summed E-state index contributed by atoms with van der Waals surface area (Å²) < 4.78 is 59.1. The Morgan fingerprint density at radius 1 is 1.35 bits per heavy atom. The number of esters is 1. The largest absolute Gasteiger partial charge is 0.464 e. The fourth-order valence-electron chi connectivity index (χ4n) is 4.42. The van der Waals surface area contributed by atoms with Crippen LogP contribution in [0.5, 0.6) is 5.75 Å². The van der Waals surface area contributed by atoms with Crippen LogP contribution in [-0.4, -0.2) is 70.3 Å².